The molecule has 0 radical (unpaired) electrons. The number of nitrogens with two attached hydrogens (primary N) is 1. The molecule has 0 saturated heterocycles. The van der Waals surface area contributed by atoms with E-state index in [1.807, 2.05) is 18.9 Å². The Bertz CT molecular complexity index is 116. The number of nitrogens with one attached hydrogen (secondary N) is 1. The Kier molecular flexibility index (Phi) is 5.78. The van der Waals surface area contributed by atoms with E-state index in [0.717, 1.165) is 6.54 Å². The molecule has 1 amide bonds. The maximum Gasteiger partial charge on any atom is 0.234 e. The number of amides is 1. The lowest BCUT2D eigenvalue weighted by atomic mass is 10.5. The number of hydrogen-bond donors (Lipinski definition) is 2. The van der Waals surface area contributed by atoms with E-state index in [2.05, 4.69) is 5.32 Å². The summed E-state index contributed by atoms with van der Waals surface area (Å²) in [6, 6.07) is 0. The van der Waals surface area contributed by atoms with Gasteiger partial charge in [0.25, 0.3) is 0 Å². The molecule has 0 aliphatic heterocycles. The van der Waals surface area contributed by atoms with Crippen LogP contribution in [0.5, 0.6) is 0 Å². The Labute approximate surface area is 67.7 Å². The minimum atomic E-state index is 0.0415. The van der Waals surface area contributed by atoms with Crippen LogP contribution in [0.25, 0.3) is 0 Å². The van der Waals surface area contributed by atoms with Crippen LogP contribution in [0, 0.1) is 0 Å². The maximum atomic E-state index is 11.0. The molecule has 0 spiro atoms. The van der Waals surface area contributed by atoms with Crippen LogP contribution in [0.2, 0.25) is 0 Å². The van der Waals surface area contributed by atoms with Crippen molar-refractivity contribution in [3.8, 4) is 0 Å². The zero-order chi connectivity index (χ0) is 8.69. The number of rotatable bonds is 5. The fraction of sp³-hybridized carbons (Fsp3) is 0.857. The van der Waals surface area contributed by atoms with Gasteiger partial charge < -0.3 is 11.1 Å². The van der Waals surface area contributed by atoms with Gasteiger partial charge in [0.2, 0.25) is 5.91 Å². The maximum absolute atomic E-state index is 11.0. The molecule has 4 nitrogen and oxygen atoms in total. The van der Waals surface area contributed by atoms with Crippen LogP contribution in [-0.2, 0) is 4.79 Å². The van der Waals surface area contributed by atoms with E-state index >= 15 is 0 Å². The summed E-state index contributed by atoms with van der Waals surface area (Å²) in [6.45, 7) is 4.42. The van der Waals surface area contributed by atoms with Gasteiger partial charge in [-0.3, -0.25) is 9.69 Å². The summed E-state index contributed by atoms with van der Waals surface area (Å²) in [5.74, 6) is 0.0415. The van der Waals surface area contributed by atoms with Crippen molar-refractivity contribution in [2.45, 2.75) is 6.92 Å². The van der Waals surface area contributed by atoms with Gasteiger partial charge in [0.15, 0.2) is 0 Å². The number of carbonyl (C=O) groups is 1. The summed E-state index contributed by atoms with van der Waals surface area (Å²) in [7, 11) is 1.90. The third-order valence-corrected chi connectivity index (χ3v) is 1.42. The standard InChI is InChI=1S/C7H17N3O/c1-3-10(2)6-7(11)9-5-4-8/h3-6,8H2,1-2H3,(H,9,11). The van der Waals surface area contributed by atoms with Crippen molar-refractivity contribution >= 4 is 5.91 Å². The van der Waals surface area contributed by atoms with Gasteiger partial charge in [0, 0.05) is 13.1 Å². The first-order valence-corrected chi connectivity index (χ1v) is 3.86. The van der Waals surface area contributed by atoms with Gasteiger partial charge >= 0.3 is 0 Å². The highest BCUT2D eigenvalue weighted by Crippen LogP contribution is 1.78. The topological polar surface area (TPSA) is 58.4 Å². The first-order chi connectivity index (χ1) is 5.20. The summed E-state index contributed by atoms with van der Waals surface area (Å²) in [5, 5.41) is 2.69. The third-order valence-electron chi connectivity index (χ3n) is 1.42. The first-order valence-electron chi connectivity index (χ1n) is 3.86. The van der Waals surface area contributed by atoms with Crippen molar-refractivity contribution in [2.75, 3.05) is 33.2 Å². The summed E-state index contributed by atoms with van der Waals surface area (Å²) >= 11 is 0. The molecule has 66 valence electrons. The lowest BCUT2D eigenvalue weighted by Gasteiger charge is -2.12. The van der Waals surface area contributed by atoms with E-state index in [1.165, 1.54) is 0 Å². The molecule has 0 aromatic heterocycles. The molecule has 0 saturated carbocycles. The zero-order valence-corrected chi connectivity index (χ0v) is 7.26. The van der Waals surface area contributed by atoms with Gasteiger partial charge in [-0.15, -0.1) is 0 Å². The molecule has 0 bridgehead atoms. The van der Waals surface area contributed by atoms with Gasteiger partial charge in [-0.05, 0) is 13.6 Å². The molecule has 0 atom stereocenters. The average Bonchev–Trinajstić information content (AvgIpc) is 2.00. The van der Waals surface area contributed by atoms with E-state index in [0.29, 0.717) is 19.6 Å². The SMILES string of the molecule is CCN(C)CC(=O)NCCN. The molecule has 0 fully saturated rings. The van der Waals surface area contributed by atoms with Gasteiger partial charge in [0.1, 0.15) is 0 Å². The van der Waals surface area contributed by atoms with Crippen molar-refractivity contribution in [3.05, 3.63) is 0 Å². The summed E-state index contributed by atoms with van der Waals surface area (Å²) in [4.78, 5) is 12.9. The molecule has 0 unspecified atom stereocenters. The predicted octanol–water partition coefficient (Wildman–Crippen LogP) is -0.987. The van der Waals surface area contributed by atoms with Crippen LogP contribution in [0.15, 0.2) is 0 Å². The Hall–Kier alpha value is -0.610. The number of nitrogens with zero attached hydrogens (tertiary/aromatic N) is 1. The number of hydrogen-bond acceptors (Lipinski definition) is 3. The highest BCUT2D eigenvalue weighted by molar-refractivity contribution is 5.77. The quantitative estimate of drug-likeness (QED) is 0.541. The lowest BCUT2D eigenvalue weighted by Crippen LogP contribution is -2.37. The van der Waals surface area contributed by atoms with E-state index in [4.69, 9.17) is 5.73 Å². The van der Waals surface area contributed by atoms with Crippen molar-refractivity contribution in [2.24, 2.45) is 5.73 Å². The second kappa shape index (κ2) is 6.12. The van der Waals surface area contributed by atoms with Crippen LogP contribution < -0.4 is 11.1 Å². The van der Waals surface area contributed by atoms with Crippen LogP contribution >= 0.6 is 0 Å². The van der Waals surface area contributed by atoms with E-state index in [-0.39, 0.29) is 5.91 Å². The normalized spacial score (nSPS) is 10.2. The largest absolute Gasteiger partial charge is 0.354 e. The highest BCUT2D eigenvalue weighted by Gasteiger charge is 2.01. The Morgan fingerprint density at radius 2 is 2.27 bits per heavy atom. The number of carbonyl (C=O) groups excluding carboxylic acids is 1. The Morgan fingerprint density at radius 1 is 1.64 bits per heavy atom. The van der Waals surface area contributed by atoms with Gasteiger partial charge in [-0.1, -0.05) is 6.92 Å². The molecule has 11 heavy (non-hydrogen) atoms. The molecule has 0 rings (SSSR count). The minimum Gasteiger partial charge on any atom is -0.354 e. The first kappa shape index (κ1) is 10.4. The van der Waals surface area contributed by atoms with Crippen molar-refractivity contribution in [1.29, 1.82) is 0 Å². The second-order valence-corrected chi connectivity index (χ2v) is 2.47. The number of likely N-dealkylation sites (N-methyl/N-ethyl adjacent to an activating group) is 1. The fourth-order valence-corrected chi connectivity index (χ4v) is 0.624. The summed E-state index contributed by atoms with van der Waals surface area (Å²) in [5.41, 5.74) is 5.21. The van der Waals surface area contributed by atoms with Gasteiger partial charge in [-0.2, -0.15) is 0 Å². The van der Waals surface area contributed by atoms with Crippen molar-refractivity contribution in [1.82, 2.24) is 10.2 Å². The molecular formula is C7H17N3O. The summed E-state index contributed by atoms with van der Waals surface area (Å²) < 4.78 is 0. The minimum absolute atomic E-state index is 0.0415. The Balaban J connectivity index is 3.36. The van der Waals surface area contributed by atoms with Crippen molar-refractivity contribution in [3.63, 3.8) is 0 Å². The molecule has 0 aliphatic carbocycles. The average molecular weight is 159 g/mol. The fourth-order valence-electron chi connectivity index (χ4n) is 0.624. The second-order valence-electron chi connectivity index (χ2n) is 2.47. The molecular weight excluding hydrogens is 142 g/mol. The lowest BCUT2D eigenvalue weighted by molar-refractivity contribution is -0.121. The molecule has 0 heterocycles. The Morgan fingerprint density at radius 3 is 2.73 bits per heavy atom. The summed E-state index contributed by atoms with van der Waals surface area (Å²) in [6.07, 6.45) is 0. The highest BCUT2D eigenvalue weighted by atomic mass is 16.2. The molecule has 0 aromatic carbocycles. The smallest absolute Gasteiger partial charge is 0.234 e. The van der Waals surface area contributed by atoms with Crippen LogP contribution in [0.3, 0.4) is 0 Å². The predicted molar refractivity (Wildman–Crippen MR) is 45.2 cm³/mol. The van der Waals surface area contributed by atoms with E-state index in [1.54, 1.807) is 0 Å². The van der Waals surface area contributed by atoms with E-state index < -0.39 is 0 Å². The van der Waals surface area contributed by atoms with Gasteiger partial charge in [-0.25, -0.2) is 0 Å². The molecule has 0 aromatic rings. The third kappa shape index (κ3) is 5.82. The molecule has 3 N–H and O–H groups in total. The monoisotopic (exact) mass is 159 g/mol. The molecule has 4 heteroatoms. The van der Waals surface area contributed by atoms with Crippen LogP contribution in [0.4, 0.5) is 0 Å². The van der Waals surface area contributed by atoms with E-state index in [9.17, 15) is 4.79 Å². The van der Waals surface area contributed by atoms with Gasteiger partial charge in [0.05, 0.1) is 6.54 Å². The van der Waals surface area contributed by atoms with Crippen LogP contribution in [0.1, 0.15) is 6.92 Å². The van der Waals surface area contributed by atoms with Crippen molar-refractivity contribution < 1.29 is 4.79 Å². The van der Waals surface area contributed by atoms with Crippen LogP contribution in [-0.4, -0.2) is 44.0 Å². The molecule has 0 aliphatic rings. The zero-order valence-electron chi connectivity index (χ0n) is 7.26.